The van der Waals surface area contributed by atoms with Gasteiger partial charge in [-0.15, -0.1) is 0 Å². The van der Waals surface area contributed by atoms with Gasteiger partial charge in [0.05, 0.1) is 12.2 Å². The molecule has 0 amide bonds. The highest BCUT2D eigenvalue weighted by atomic mass is 32.2. The van der Waals surface area contributed by atoms with Gasteiger partial charge in [-0.1, -0.05) is 36.5 Å². The van der Waals surface area contributed by atoms with Crippen molar-refractivity contribution >= 4 is 27.2 Å². The molecule has 3 N–H and O–H groups in total. The number of benzene rings is 1. The van der Waals surface area contributed by atoms with Crippen LogP contribution in [0.5, 0.6) is 0 Å². The minimum Gasteiger partial charge on any atom is -0.389 e. The Morgan fingerprint density at radius 3 is 2.25 bits per heavy atom. The van der Waals surface area contributed by atoms with Crippen LogP contribution >= 0.6 is 12.2 Å². The average molecular weight is 326 g/mol. The number of alkyl halides is 3. The molecule has 0 saturated heterocycles. The largest absolute Gasteiger partial charge is 0.390 e. The molecular weight excluding hydrogens is 313 g/mol. The van der Waals surface area contributed by atoms with Crippen LogP contribution in [-0.2, 0) is 15.8 Å². The monoisotopic (exact) mass is 326 g/mol. The predicted molar refractivity (Wildman–Crippen MR) is 73.6 cm³/mol. The van der Waals surface area contributed by atoms with Gasteiger partial charge in [-0.25, -0.2) is 13.1 Å². The molecule has 0 radical (unpaired) electrons. The lowest BCUT2D eigenvalue weighted by molar-refractivity contribution is -0.132. The molecule has 1 aromatic carbocycles. The van der Waals surface area contributed by atoms with Crippen LogP contribution in [0.25, 0.3) is 0 Å². The summed E-state index contributed by atoms with van der Waals surface area (Å²) < 4.78 is 60.8. The highest BCUT2D eigenvalue weighted by Crippen LogP contribution is 2.18. The zero-order chi connectivity index (χ0) is 15.4. The van der Waals surface area contributed by atoms with Gasteiger partial charge in [-0.05, 0) is 5.56 Å². The van der Waals surface area contributed by atoms with Gasteiger partial charge in [0.1, 0.15) is 4.99 Å². The number of nitrogens with one attached hydrogen (secondary N) is 1. The summed E-state index contributed by atoms with van der Waals surface area (Å²) >= 11 is 4.75. The van der Waals surface area contributed by atoms with Gasteiger partial charge >= 0.3 is 6.18 Å². The Hall–Kier alpha value is -1.19. The zero-order valence-electron chi connectivity index (χ0n) is 10.3. The molecule has 0 spiro atoms. The molecule has 1 aromatic rings. The summed E-state index contributed by atoms with van der Waals surface area (Å²) in [6.45, 7) is -0.670. The Balaban J connectivity index is 2.60. The number of sulfonamides is 1. The summed E-state index contributed by atoms with van der Waals surface area (Å²) in [6.07, 6.45) is -5.59. The highest BCUT2D eigenvalue weighted by molar-refractivity contribution is 7.88. The fourth-order valence-electron chi connectivity index (χ4n) is 1.38. The van der Waals surface area contributed by atoms with Crippen LogP contribution in [0.3, 0.4) is 0 Å². The second-order valence-electron chi connectivity index (χ2n) is 4.08. The predicted octanol–water partition coefficient (Wildman–Crippen LogP) is 1.69. The maximum absolute atomic E-state index is 11.9. The summed E-state index contributed by atoms with van der Waals surface area (Å²) in [4.78, 5) is 0.183. The number of nitrogens with two attached hydrogens (primary N) is 1. The Labute approximate surface area is 120 Å². The van der Waals surface area contributed by atoms with Crippen LogP contribution in [0.15, 0.2) is 24.3 Å². The summed E-state index contributed by atoms with van der Waals surface area (Å²) in [5, 5.41) is 0. The van der Waals surface area contributed by atoms with Gasteiger partial charge in [0.2, 0.25) is 10.0 Å². The van der Waals surface area contributed by atoms with Gasteiger partial charge in [0.25, 0.3) is 0 Å². The average Bonchev–Trinajstić information content (AvgIpc) is 2.26. The molecule has 0 bridgehead atoms. The van der Waals surface area contributed by atoms with Crippen LogP contribution < -0.4 is 10.5 Å². The Morgan fingerprint density at radius 1 is 1.25 bits per heavy atom. The molecule has 0 unspecified atom stereocenters. The Bertz CT molecular complexity index is 568. The van der Waals surface area contributed by atoms with E-state index in [4.69, 9.17) is 18.0 Å². The molecule has 0 saturated carbocycles. The van der Waals surface area contributed by atoms with E-state index in [2.05, 4.69) is 0 Å². The first-order chi connectivity index (χ1) is 9.09. The van der Waals surface area contributed by atoms with Crippen molar-refractivity contribution in [2.75, 3.05) is 6.54 Å². The summed E-state index contributed by atoms with van der Waals surface area (Å²) in [5.74, 6) is -0.400. The maximum Gasteiger partial charge on any atom is 0.390 e. The Kier molecular flexibility index (Phi) is 5.49. The van der Waals surface area contributed by atoms with Gasteiger partial charge in [0.15, 0.2) is 0 Å². The number of rotatable bonds is 6. The molecule has 0 aliphatic rings. The van der Waals surface area contributed by atoms with Gasteiger partial charge in [0, 0.05) is 12.1 Å². The summed E-state index contributed by atoms with van der Waals surface area (Å²) in [5.41, 5.74) is 6.42. The third-order valence-corrected chi connectivity index (χ3v) is 3.92. The van der Waals surface area contributed by atoms with Gasteiger partial charge in [-0.3, -0.25) is 0 Å². The standard InChI is InChI=1S/C11H13F3N2O2S2/c12-11(13,14)5-6-16-20(17,18)7-8-1-3-9(4-2-8)10(15)19/h1-4,16H,5-7H2,(H2,15,19). The van der Waals surface area contributed by atoms with E-state index in [0.29, 0.717) is 11.1 Å². The number of hydrogen-bond donors (Lipinski definition) is 2. The van der Waals surface area contributed by atoms with E-state index in [0.717, 1.165) is 0 Å². The zero-order valence-corrected chi connectivity index (χ0v) is 11.9. The molecule has 4 nitrogen and oxygen atoms in total. The number of halogens is 3. The van der Waals surface area contributed by atoms with Crippen molar-refractivity contribution in [3.05, 3.63) is 35.4 Å². The molecule has 0 aliphatic carbocycles. The van der Waals surface area contributed by atoms with Gasteiger partial charge < -0.3 is 5.73 Å². The lowest BCUT2D eigenvalue weighted by Gasteiger charge is -2.09. The molecule has 9 heteroatoms. The second kappa shape index (κ2) is 6.51. The highest BCUT2D eigenvalue weighted by Gasteiger charge is 2.27. The van der Waals surface area contributed by atoms with E-state index < -0.39 is 34.9 Å². The van der Waals surface area contributed by atoms with Crippen molar-refractivity contribution in [2.24, 2.45) is 5.73 Å². The minimum atomic E-state index is -4.39. The van der Waals surface area contributed by atoms with Crippen molar-refractivity contribution in [2.45, 2.75) is 18.3 Å². The van der Waals surface area contributed by atoms with Crippen LogP contribution in [0.4, 0.5) is 13.2 Å². The fraction of sp³-hybridized carbons (Fsp3) is 0.364. The molecule has 0 aromatic heterocycles. The third-order valence-electron chi connectivity index (χ3n) is 2.33. The molecule has 0 heterocycles. The molecule has 0 aliphatic heterocycles. The van der Waals surface area contributed by atoms with Crippen LogP contribution in [0.1, 0.15) is 17.5 Å². The quantitative estimate of drug-likeness (QED) is 0.781. The van der Waals surface area contributed by atoms with Crippen LogP contribution in [0.2, 0.25) is 0 Å². The van der Waals surface area contributed by atoms with E-state index in [1.54, 1.807) is 12.1 Å². The first-order valence-electron chi connectivity index (χ1n) is 5.52. The fourth-order valence-corrected chi connectivity index (χ4v) is 2.67. The Morgan fingerprint density at radius 2 is 1.80 bits per heavy atom. The summed E-state index contributed by atoms with van der Waals surface area (Å²) in [6, 6.07) is 6.14. The van der Waals surface area contributed by atoms with E-state index in [9.17, 15) is 21.6 Å². The lowest BCUT2D eigenvalue weighted by atomic mass is 10.1. The minimum absolute atomic E-state index is 0.183. The second-order valence-corrected chi connectivity index (χ2v) is 6.33. The SMILES string of the molecule is NC(=S)c1ccc(CS(=O)(=O)NCCC(F)(F)F)cc1. The van der Waals surface area contributed by atoms with E-state index in [1.165, 1.54) is 12.1 Å². The molecule has 0 atom stereocenters. The normalized spacial score (nSPS) is 12.3. The van der Waals surface area contributed by atoms with Crippen molar-refractivity contribution in [3.63, 3.8) is 0 Å². The van der Waals surface area contributed by atoms with Crippen LogP contribution in [0, 0.1) is 0 Å². The molecular formula is C11H13F3N2O2S2. The van der Waals surface area contributed by atoms with E-state index >= 15 is 0 Å². The van der Waals surface area contributed by atoms with Gasteiger partial charge in [-0.2, -0.15) is 13.2 Å². The van der Waals surface area contributed by atoms with E-state index in [1.807, 2.05) is 4.72 Å². The first kappa shape index (κ1) is 16.9. The van der Waals surface area contributed by atoms with Crippen molar-refractivity contribution in [1.82, 2.24) is 4.72 Å². The lowest BCUT2D eigenvalue weighted by Crippen LogP contribution is -2.29. The molecule has 20 heavy (non-hydrogen) atoms. The van der Waals surface area contributed by atoms with Crippen LogP contribution in [-0.4, -0.2) is 26.1 Å². The molecule has 1 rings (SSSR count). The molecule has 112 valence electrons. The summed E-state index contributed by atoms with van der Waals surface area (Å²) in [7, 11) is -3.80. The number of hydrogen-bond acceptors (Lipinski definition) is 3. The topological polar surface area (TPSA) is 72.2 Å². The smallest absolute Gasteiger partial charge is 0.389 e. The number of thiocarbonyl (C=S) groups is 1. The van der Waals surface area contributed by atoms with Crippen molar-refractivity contribution < 1.29 is 21.6 Å². The maximum atomic E-state index is 11.9. The first-order valence-corrected chi connectivity index (χ1v) is 7.58. The van der Waals surface area contributed by atoms with Crippen molar-refractivity contribution in [3.8, 4) is 0 Å². The molecule has 0 fully saturated rings. The third kappa shape index (κ3) is 6.31. The van der Waals surface area contributed by atoms with Crippen molar-refractivity contribution in [1.29, 1.82) is 0 Å². The van der Waals surface area contributed by atoms with E-state index in [-0.39, 0.29) is 4.99 Å².